The third-order valence-corrected chi connectivity index (χ3v) is 8.42. The molecule has 0 radical (unpaired) electrons. The number of hydrogen-bond donors (Lipinski definition) is 1. The first-order valence-corrected chi connectivity index (χ1v) is 14.1. The van der Waals surface area contributed by atoms with Crippen molar-refractivity contribution in [3.8, 4) is 22.6 Å². The van der Waals surface area contributed by atoms with Gasteiger partial charge in [-0.1, -0.05) is 6.07 Å². The highest BCUT2D eigenvalue weighted by atomic mass is 16.3. The number of anilines is 1. The molecule has 4 aromatic rings. The molecule has 11 heteroatoms. The fraction of sp³-hybridized carbons (Fsp3) is 0.433. The van der Waals surface area contributed by atoms with Crippen LogP contribution in [0.1, 0.15) is 50.9 Å². The summed E-state index contributed by atoms with van der Waals surface area (Å²) in [7, 11) is 1.89. The van der Waals surface area contributed by atoms with E-state index in [9.17, 15) is 14.7 Å². The van der Waals surface area contributed by atoms with E-state index in [2.05, 4.69) is 19.9 Å². The van der Waals surface area contributed by atoms with E-state index in [0.717, 1.165) is 41.6 Å². The van der Waals surface area contributed by atoms with Gasteiger partial charge in [0, 0.05) is 48.7 Å². The molecule has 3 aliphatic rings. The second-order valence-corrected chi connectivity index (χ2v) is 12.1. The molecule has 2 fully saturated rings. The summed E-state index contributed by atoms with van der Waals surface area (Å²) in [6, 6.07) is 5.82. The van der Waals surface area contributed by atoms with Crippen LogP contribution in [0.15, 0.2) is 36.9 Å². The van der Waals surface area contributed by atoms with E-state index in [1.54, 1.807) is 31.1 Å². The van der Waals surface area contributed by atoms with Crippen LogP contribution in [-0.4, -0.2) is 70.0 Å². The minimum atomic E-state index is -1.11. The van der Waals surface area contributed by atoms with Crippen molar-refractivity contribution < 1.29 is 14.7 Å². The Morgan fingerprint density at radius 1 is 1.12 bits per heavy atom. The molecule has 210 valence electrons. The van der Waals surface area contributed by atoms with Crippen molar-refractivity contribution >= 4 is 28.7 Å². The topological polar surface area (TPSA) is 130 Å². The number of rotatable bonds is 5. The average Bonchev–Trinajstić information content (AvgIpc) is 3.56. The number of amides is 2. The number of hydrogen-bond acceptors (Lipinski definition) is 8. The molecule has 1 N–H and O–H groups in total. The Kier molecular flexibility index (Phi) is 5.56. The summed E-state index contributed by atoms with van der Waals surface area (Å²) in [4.78, 5) is 53.9. The molecule has 1 aliphatic carbocycles. The number of β-amino-alcohol motifs (C(OH)–C–C–N with tert-alkyl or cyclic N) is 1. The summed E-state index contributed by atoms with van der Waals surface area (Å²) in [5.41, 5.74) is 2.77. The summed E-state index contributed by atoms with van der Waals surface area (Å²) < 4.78 is 1.89. The molecular weight excluding hydrogens is 520 g/mol. The first-order valence-electron chi connectivity index (χ1n) is 14.1. The van der Waals surface area contributed by atoms with Crippen LogP contribution in [0.3, 0.4) is 0 Å². The molecule has 11 nitrogen and oxygen atoms in total. The van der Waals surface area contributed by atoms with E-state index < -0.39 is 11.1 Å². The number of aryl methyl sites for hydroxylation is 2. The number of imidazole rings is 1. The Morgan fingerprint density at radius 2 is 1.88 bits per heavy atom. The van der Waals surface area contributed by atoms with Crippen LogP contribution in [0.4, 0.5) is 5.69 Å². The third kappa shape index (κ3) is 3.93. The average molecular weight is 553 g/mol. The zero-order valence-electron chi connectivity index (χ0n) is 23.6. The molecule has 1 atom stereocenters. The summed E-state index contributed by atoms with van der Waals surface area (Å²) >= 11 is 0. The lowest BCUT2D eigenvalue weighted by molar-refractivity contribution is -0.144. The number of carbonyl (C=O) groups excluding carboxylic acids is 2. The highest BCUT2D eigenvalue weighted by Gasteiger charge is 2.60. The minimum absolute atomic E-state index is 0.00748. The number of nitrogens with zero attached hydrogens (tertiary/aromatic N) is 8. The van der Waals surface area contributed by atoms with Crippen molar-refractivity contribution in [1.29, 1.82) is 0 Å². The standard InChI is InChI=1S/C30H32N8O3/c1-17-31-13-20(14-32-17)25-35-24-23(33-16-34-26(24)36(25)4)19-8-9-22-21(12-19)30(28(40)37(22)15-29(2,3)41)10-5-11-38(30)27(39)18-6-7-18/h8-9,12-14,16,18,41H,5-7,10-11,15H2,1-4H3. The summed E-state index contributed by atoms with van der Waals surface area (Å²) in [5.74, 6) is 1.24. The Morgan fingerprint density at radius 3 is 2.59 bits per heavy atom. The van der Waals surface area contributed by atoms with Crippen molar-refractivity contribution in [1.82, 2.24) is 34.4 Å². The van der Waals surface area contributed by atoms with E-state index in [1.165, 1.54) is 6.33 Å². The van der Waals surface area contributed by atoms with Gasteiger partial charge in [0.15, 0.2) is 5.65 Å². The van der Waals surface area contributed by atoms with Crippen molar-refractivity contribution in [2.45, 2.75) is 57.6 Å². The number of carbonyl (C=O) groups is 2. The lowest BCUT2D eigenvalue weighted by Gasteiger charge is -2.35. The number of aliphatic hydroxyl groups is 1. The zero-order valence-corrected chi connectivity index (χ0v) is 23.6. The van der Waals surface area contributed by atoms with Crippen LogP contribution in [0.2, 0.25) is 0 Å². The maximum atomic E-state index is 14.3. The van der Waals surface area contributed by atoms with Crippen LogP contribution >= 0.6 is 0 Å². The van der Waals surface area contributed by atoms with Gasteiger partial charge in [0.2, 0.25) is 5.91 Å². The predicted molar refractivity (Wildman–Crippen MR) is 152 cm³/mol. The van der Waals surface area contributed by atoms with E-state index in [-0.39, 0.29) is 24.3 Å². The highest BCUT2D eigenvalue weighted by molar-refractivity contribution is 6.10. The minimum Gasteiger partial charge on any atom is -0.389 e. The van der Waals surface area contributed by atoms with Crippen molar-refractivity contribution in [3.63, 3.8) is 0 Å². The van der Waals surface area contributed by atoms with Crippen LogP contribution < -0.4 is 4.90 Å². The molecule has 1 spiro atoms. The molecule has 1 unspecified atom stereocenters. The zero-order chi connectivity index (χ0) is 28.7. The normalized spacial score (nSPS) is 20.5. The molecule has 3 aromatic heterocycles. The van der Waals surface area contributed by atoms with Crippen molar-refractivity contribution in [3.05, 3.63) is 48.3 Å². The van der Waals surface area contributed by atoms with Gasteiger partial charge in [0.25, 0.3) is 5.91 Å². The smallest absolute Gasteiger partial charge is 0.257 e. The molecular formula is C30H32N8O3. The summed E-state index contributed by atoms with van der Waals surface area (Å²) in [6.45, 7) is 5.89. The summed E-state index contributed by atoms with van der Waals surface area (Å²) in [6.07, 6.45) is 8.02. The van der Waals surface area contributed by atoms with Gasteiger partial charge in [-0.25, -0.2) is 24.9 Å². The molecule has 7 rings (SSSR count). The van der Waals surface area contributed by atoms with Crippen molar-refractivity contribution in [2.75, 3.05) is 18.0 Å². The lowest BCUT2D eigenvalue weighted by Crippen LogP contribution is -2.54. The van der Waals surface area contributed by atoms with Gasteiger partial charge in [-0.05, 0) is 58.6 Å². The van der Waals surface area contributed by atoms with E-state index in [4.69, 9.17) is 4.98 Å². The van der Waals surface area contributed by atoms with Gasteiger partial charge >= 0.3 is 0 Å². The van der Waals surface area contributed by atoms with Crippen LogP contribution in [-0.2, 0) is 22.2 Å². The number of aromatic nitrogens is 6. The van der Waals surface area contributed by atoms with Gasteiger partial charge < -0.3 is 19.5 Å². The first kappa shape index (κ1) is 25.7. The Bertz CT molecular complexity index is 1720. The van der Waals surface area contributed by atoms with E-state index in [1.807, 2.05) is 41.6 Å². The molecule has 5 heterocycles. The van der Waals surface area contributed by atoms with Gasteiger partial charge in [-0.2, -0.15) is 0 Å². The maximum Gasteiger partial charge on any atom is 0.257 e. The monoisotopic (exact) mass is 552 g/mol. The fourth-order valence-corrected chi connectivity index (χ4v) is 6.39. The van der Waals surface area contributed by atoms with Crippen LogP contribution in [0, 0.1) is 12.8 Å². The molecule has 41 heavy (non-hydrogen) atoms. The van der Waals surface area contributed by atoms with Gasteiger partial charge in [-0.3, -0.25) is 9.59 Å². The molecule has 1 saturated heterocycles. The van der Waals surface area contributed by atoms with Crippen LogP contribution in [0.5, 0.6) is 0 Å². The lowest BCUT2D eigenvalue weighted by atomic mass is 9.86. The quantitative estimate of drug-likeness (QED) is 0.400. The Labute approximate surface area is 237 Å². The molecule has 1 aromatic carbocycles. The molecule has 2 amide bonds. The maximum absolute atomic E-state index is 14.3. The summed E-state index contributed by atoms with van der Waals surface area (Å²) in [5, 5.41) is 10.7. The van der Waals surface area contributed by atoms with Crippen molar-refractivity contribution in [2.24, 2.45) is 13.0 Å². The second kappa shape index (κ2) is 8.87. The molecule has 1 saturated carbocycles. The Balaban J connectivity index is 1.39. The number of likely N-dealkylation sites (tertiary alicyclic amines) is 1. The highest BCUT2D eigenvalue weighted by Crippen LogP contribution is 2.52. The Hall–Kier alpha value is -4.25. The van der Waals surface area contributed by atoms with Gasteiger partial charge in [0.1, 0.15) is 34.7 Å². The second-order valence-electron chi connectivity index (χ2n) is 12.1. The van der Waals surface area contributed by atoms with Gasteiger partial charge in [-0.15, -0.1) is 0 Å². The van der Waals surface area contributed by atoms with E-state index >= 15 is 0 Å². The van der Waals surface area contributed by atoms with Crippen LogP contribution in [0.25, 0.3) is 33.8 Å². The largest absolute Gasteiger partial charge is 0.389 e. The first-order chi connectivity index (χ1) is 19.6. The number of fused-ring (bicyclic) bond motifs is 3. The molecule has 0 bridgehead atoms. The fourth-order valence-electron chi connectivity index (χ4n) is 6.39. The third-order valence-electron chi connectivity index (χ3n) is 8.42. The number of benzene rings is 1. The predicted octanol–water partition coefficient (Wildman–Crippen LogP) is 3.14. The SMILES string of the molecule is Cc1ncc(-c2nc3c(-c4ccc5c(c4)C4(CCCN4C(=O)C4CC4)C(=O)N5CC(C)(C)O)ncnc3n2C)cn1. The van der Waals surface area contributed by atoms with Gasteiger partial charge in [0.05, 0.1) is 17.7 Å². The molecule has 2 aliphatic heterocycles. The van der Waals surface area contributed by atoms with E-state index in [0.29, 0.717) is 41.5 Å².